The number of nitriles is 2. The van der Waals surface area contributed by atoms with Crippen LogP contribution in [0.3, 0.4) is 0 Å². The number of H-pyrrole nitrogens is 1. The molecule has 0 spiro atoms. The van der Waals surface area contributed by atoms with Crippen molar-refractivity contribution < 1.29 is 9.13 Å². The fourth-order valence-corrected chi connectivity index (χ4v) is 2.89. The number of nitrogens with zero attached hydrogens (tertiary/aromatic N) is 2. The summed E-state index contributed by atoms with van der Waals surface area (Å²) in [4.78, 5) is 14.3. The van der Waals surface area contributed by atoms with Gasteiger partial charge in [0.05, 0.1) is 5.02 Å². The topological polar surface area (TPSA) is 116 Å². The Kier molecular flexibility index (Phi) is 5.30. The van der Waals surface area contributed by atoms with E-state index in [4.69, 9.17) is 22.1 Å². The Morgan fingerprint density at radius 2 is 1.86 bits per heavy atom. The number of hydrogen-bond donors (Lipinski definition) is 2. The summed E-state index contributed by atoms with van der Waals surface area (Å²) in [5.41, 5.74) is 5.57. The molecule has 3 rings (SSSR count). The van der Waals surface area contributed by atoms with Gasteiger partial charge >= 0.3 is 0 Å². The van der Waals surface area contributed by atoms with Crippen LogP contribution in [0.15, 0.2) is 47.3 Å². The lowest BCUT2D eigenvalue weighted by Crippen LogP contribution is -2.16. The van der Waals surface area contributed by atoms with E-state index in [9.17, 15) is 19.7 Å². The van der Waals surface area contributed by atoms with Crippen molar-refractivity contribution in [3.8, 4) is 29.0 Å². The Labute approximate surface area is 164 Å². The summed E-state index contributed by atoms with van der Waals surface area (Å²) in [5, 5.41) is 18.7. The standard InChI is InChI=1S/C20H12ClFN4O2/c21-16-6-2-4-12(18(16)22)10-28-13-5-1-3-11(7-13)17-14(8-23)19(25)26-20(27)15(17)9-24/h1-7H,10H2,(H3,25,26,27). The number of benzene rings is 2. The molecule has 0 saturated carbocycles. The maximum Gasteiger partial charge on any atom is 0.268 e. The van der Waals surface area contributed by atoms with Crippen LogP contribution in [0.1, 0.15) is 16.7 Å². The van der Waals surface area contributed by atoms with Gasteiger partial charge in [0.1, 0.15) is 47.3 Å². The zero-order valence-corrected chi connectivity index (χ0v) is 15.0. The van der Waals surface area contributed by atoms with E-state index in [1.165, 1.54) is 6.07 Å². The number of anilines is 1. The number of hydrogen-bond acceptors (Lipinski definition) is 5. The molecule has 28 heavy (non-hydrogen) atoms. The quantitative estimate of drug-likeness (QED) is 0.699. The minimum Gasteiger partial charge on any atom is -0.489 e. The van der Waals surface area contributed by atoms with Crippen LogP contribution in [0.2, 0.25) is 5.02 Å². The second-order valence-corrected chi connectivity index (χ2v) is 6.15. The van der Waals surface area contributed by atoms with Crippen LogP contribution in [0.4, 0.5) is 10.2 Å². The molecular formula is C20H12ClFN4O2. The molecule has 2 aromatic carbocycles. The van der Waals surface area contributed by atoms with Crippen LogP contribution < -0.4 is 16.0 Å². The molecule has 0 bridgehead atoms. The lowest BCUT2D eigenvalue weighted by atomic mass is 9.96. The largest absolute Gasteiger partial charge is 0.489 e. The number of ether oxygens (including phenoxy) is 1. The molecule has 0 aliphatic rings. The van der Waals surface area contributed by atoms with Crippen LogP contribution in [0, 0.1) is 28.5 Å². The van der Waals surface area contributed by atoms with Crippen molar-refractivity contribution >= 4 is 17.4 Å². The molecule has 0 aliphatic heterocycles. The number of rotatable bonds is 4. The smallest absolute Gasteiger partial charge is 0.268 e. The molecule has 0 saturated heterocycles. The van der Waals surface area contributed by atoms with Gasteiger partial charge in [-0.15, -0.1) is 0 Å². The Morgan fingerprint density at radius 3 is 2.57 bits per heavy atom. The molecule has 3 N–H and O–H groups in total. The van der Waals surface area contributed by atoms with Gasteiger partial charge in [0.15, 0.2) is 0 Å². The summed E-state index contributed by atoms with van der Waals surface area (Å²) >= 11 is 5.76. The molecule has 0 aliphatic carbocycles. The van der Waals surface area contributed by atoms with E-state index in [1.54, 1.807) is 42.5 Å². The number of halogens is 2. The van der Waals surface area contributed by atoms with Crippen molar-refractivity contribution in [2.45, 2.75) is 6.61 Å². The van der Waals surface area contributed by atoms with E-state index in [2.05, 4.69) is 4.98 Å². The van der Waals surface area contributed by atoms with Gasteiger partial charge in [-0.3, -0.25) is 4.79 Å². The van der Waals surface area contributed by atoms with E-state index < -0.39 is 11.4 Å². The summed E-state index contributed by atoms with van der Waals surface area (Å²) in [6, 6.07) is 14.7. The molecule has 138 valence electrons. The third kappa shape index (κ3) is 3.52. The van der Waals surface area contributed by atoms with Gasteiger partial charge in [-0.05, 0) is 23.8 Å². The van der Waals surface area contributed by atoms with Crippen molar-refractivity contribution in [1.29, 1.82) is 10.5 Å². The molecule has 0 unspecified atom stereocenters. The van der Waals surface area contributed by atoms with Gasteiger partial charge in [-0.2, -0.15) is 10.5 Å². The first-order chi connectivity index (χ1) is 13.5. The van der Waals surface area contributed by atoms with Crippen molar-refractivity contribution in [3.63, 3.8) is 0 Å². The van der Waals surface area contributed by atoms with Gasteiger partial charge in [0.2, 0.25) is 0 Å². The summed E-state index contributed by atoms with van der Waals surface area (Å²) in [5.74, 6) is -0.349. The molecule has 0 fully saturated rings. The molecule has 1 aromatic heterocycles. The molecule has 8 heteroatoms. The molecule has 0 amide bonds. The fraction of sp³-hybridized carbons (Fsp3) is 0.0500. The first kappa shape index (κ1) is 19.0. The summed E-state index contributed by atoms with van der Waals surface area (Å²) in [6.45, 7) is -0.0798. The van der Waals surface area contributed by atoms with Crippen LogP contribution in [-0.2, 0) is 6.61 Å². The number of nitrogens with one attached hydrogen (secondary N) is 1. The Bertz CT molecular complexity index is 1210. The SMILES string of the molecule is N#Cc1c(N)[nH]c(=O)c(C#N)c1-c1cccc(OCc2cccc(Cl)c2F)c1. The van der Waals surface area contributed by atoms with Crippen LogP contribution in [0.25, 0.3) is 11.1 Å². The normalized spacial score (nSPS) is 10.1. The zero-order chi connectivity index (χ0) is 20.3. The highest BCUT2D eigenvalue weighted by Crippen LogP contribution is 2.30. The monoisotopic (exact) mass is 394 g/mol. The predicted octanol–water partition coefficient (Wildman–Crippen LogP) is 3.74. The fourth-order valence-electron chi connectivity index (χ4n) is 2.69. The van der Waals surface area contributed by atoms with Crippen LogP contribution >= 0.6 is 11.6 Å². The summed E-state index contributed by atoms with van der Waals surface area (Å²) in [6.07, 6.45) is 0. The maximum absolute atomic E-state index is 14.0. The first-order valence-corrected chi connectivity index (χ1v) is 8.36. The van der Waals surface area contributed by atoms with E-state index in [0.717, 1.165) is 0 Å². The van der Waals surface area contributed by atoms with Gasteiger partial charge < -0.3 is 15.5 Å². The summed E-state index contributed by atoms with van der Waals surface area (Å²) in [7, 11) is 0. The average Bonchev–Trinajstić information content (AvgIpc) is 2.69. The van der Waals surface area contributed by atoms with E-state index in [0.29, 0.717) is 11.3 Å². The lowest BCUT2D eigenvalue weighted by Gasteiger charge is -2.12. The average molecular weight is 395 g/mol. The number of aromatic amines is 1. The Hall–Kier alpha value is -3.81. The Morgan fingerprint density at radius 1 is 1.14 bits per heavy atom. The lowest BCUT2D eigenvalue weighted by molar-refractivity contribution is 0.300. The third-order valence-electron chi connectivity index (χ3n) is 4.02. The van der Waals surface area contributed by atoms with Gasteiger partial charge in [-0.25, -0.2) is 4.39 Å². The molecular weight excluding hydrogens is 383 g/mol. The molecule has 0 radical (unpaired) electrons. The van der Waals surface area contributed by atoms with E-state index >= 15 is 0 Å². The van der Waals surface area contributed by atoms with Gasteiger partial charge in [0.25, 0.3) is 5.56 Å². The van der Waals surface area contributed by atoms with E-state index in [1.807, 2.05) is 6.07 Å². The first-order valence-electron chi connectivity index (χ1n) is 7.98. The molecule has 3 aromatic rings. The number of pyridine rings is 1. The van der Waals surface area contributed by atoms with E-state index in [-0.39, 0.29) is 39.7 Å². The van der Waals surface area contributed by atoms with Crippen LogP contribution in [-0.4, -0.2) is 4.98 Å². The molecule has 1 heterocycles. The molecule has 6 nitrogen and oxygen atoms in total. The van der Waals surface area contributed by atoms with Crippen molar-refractivity contribution in [3.05, 3.63) is 80.3 Å². The number of nitrogen functional groups attached to an aromatic ring is 1. The summed E-state index contributed by atoms with van der Waals surface area (Å²) < 4.78 is 19.6. The highest BCUT2D eigenvalue weighted by atomic mass is 35.5. The second-order valence-electron chi connectivity index (χ2n) is 5.75. The minimum atomic E-state index is -0.693. The highest BCUT2D eigenvalue weighted by molar-refractivity contribution is 6.30. The zero-order valence-electron chi connectivity index (χ0n) is 14.3. The van der Waals surface area contributed by atoms with Gasteiger partial charge in [0, 0.05) is 11.1 Å². The van der Waals surface area contributed by atoms with Gasteiger partial charge in [-0.1, -0.05) is 35.9 Å². The highest BCUT2D eigenvalue weighted by Gasteiger charge is 2.18. The number of aromatic nitrogens is 1. The van der Waals surface area contributed by atoms with Crippen molar-refractivity contribution in [2.24, 2.45) is 0 Å². The molecule has 0 atom stereocenters. The minimum absolute atomic E-state index is 0.00818. The third-order valence-corrected chi connectivity index (χ3v) is 4.31. The van der Waals surface area contributed by atoms with Crippen molar-refractivity contribution in [2.75, 3.05) is 5.73 Å². The van der Waals surface area contributed by atoms with Crippen LogP contribution in [0.5, 0.6) is 5.75 Å². The maximum atomic E-state index is 14.0. The predicted molar refractivity (Wildman–Crippen MR) is 102 cm³/mol. The van der Waals surface area contributed by atoms with Crippen molar-refractivity contribution in [1.82, 2.24) is 4.98 Å². The Balaban J connectivity index is 2.01. The number of nitrogens with two attached hydrogens (primary N) is 1. The second kappa shape index (κ2) is 7.83.